The standard InChI is InChI=1S/C11H19Cl/c1-2-9(8-12)10-6-11(7-10)4-3-5-11/h9-10H,2-8H2,1H3. The minimum atomic E-state index is 0.817. The van der Waals surface area contributed by atoms with E-state index in [4.69, 9.17) is 11.6 Å². The minimum Gasteiger partial charge on any atom is -0.126 e. The van der Waals surface area contributed by atoms with E-state index in [9.17, 15) is 0 Å². The van der Waals surface area contributed by atoms with Crippen LogP contribution in [0.15, 0.2) is 0 Å². The van der Waals surface area contributed by atoms with E-state index < -0.39 is 0 Å². The van der Waals surface area contributed by atoms with Crippen molar-refractivity contribution in [1.82, 2.24) is 0 Å². The molecule has 0 aromatic rings. The second-order valence-corrected chi connectivity index (χ2v) is 5.15. The molecule has 0 saturated heterocycles. The third kappa shape index (κ3) is 1.28. The molecule has 1 atom stereocenters. The van der Waals surface area contributed by atoms with Gasteiger partial charge in [0.1, 0.15) is 0 Å². The van der Waals surface area contributed by atoms with Crippen molar-refractivity contribution in [2.75, 3.05) is 5.88 Å². The Hall–Kier alpha value is 0.290. The molecule has 1 unspecified atom stereocenters. The van der Waals surface area contributed by atoms with Gasteiger partial charge in [-0.05, 0) is 42.9 Å². The zero-order valence-electron chi connectivity index (χ0n) is 7.98. The molecule has 2 rings (SSSR count). The smallest absolute Gasteiger partial charge is 0.0254 e. The first-order chi connectivity index (χ1) is 5.79. The molecule has 1 spiro atoms. The van der Waals surface area contributed by atoms with Gasteiger partial charge in [-0.1, -0.05) is 19.8 Å². The highest BCUT2D eigenvalue weighted by Crippen LogP contribution is 2.60. The minimum absolute atomic E-state index is 0.817. The predicted octanol–water partition coefficient (Wildman–Crippen LogP) is 3.83. The lowest BCUT2D eigenvalue weighted by atomic mass is 9.49. The maximum absolute atomic E-state index is 5.93. The Morgan fingerprint density at radius 2 is 2.08 bits per heavy atom. The molecule has 2 saturated carbocycles. The van der Waals surface area contributed by atoms with Crippen LogP contribution in [0.3, 0.4) is 0 Å². The second kappa shape index (κ2) is 3.21. The highest BCUT2D eigenvalue weighted by atomic mass is 35.5. The summed E-state index contributed by atoms with van der Waals surface area (Å²) in [5.41, 5.74) is 0.837. The lowest BCUT2D eigenvalue weighted by molar-refractivity contribution is -0.0466. The van der Waals surface area contributed by atoms with Crippen LogP contribution < -0.4 is 0 Å². The van der Waals surface area contributed by atoms with Gasteiger partial charge >= 0.3 is 0 Å². The number of halogens is 1. The first kappa shape index (κ1) is 8.87. The molecular weight excluding hydrogens is 168 g/mol. The molecule has 0 N–H and O–H groups in total. The molecule has 0 aromatic carbocycles. The Morgan fingerprint density at radius 1 is 1.42 bits per heavy atom. The monoisotopic (exact) mass is 186 g/mol. The maximum Gasteiger partial charge on any atom is 0.0254 e. The van der Waals surface area contributed by atoms with Crippen molar-refractivity contribution in [3.8, 4) is 0 Å². The summed E-state index contributed by atoms with van der Waals surface area (Å²) in [5.74, 6) is 2.68. The predicted molar refractivity (Wildman–Crippen MR) is 53.5 cm³/mol. The van der Waals surface area contributed by atoms with Gasteiger partial charge in [-0.2, -0.15) is 0 Å². The maximum atomic E-state index is 5.93. The topological polar surface area (TPSA) is 0 Å². The SMILES string of the molecule is CCC(CCl)C1CC2(CCC2)C1. The quantitative estimate of drug-likeness (QED) is 0.588. The average Bonchev–Trinajstić information content (AvgIpc) is 1.91. The molecule has 0 aliphatic heterocycles. The summed E-state index contributed by atoms with van der Waals surface area (Å²) >= 11 is 5.93. The molecular formula is C11H19Cl. The van der Waals surface area contributed by atoms with Crippen LogP contribution in [0.5, 0.6) is 0 Å². The molecule has 0 heterocycles. The summed E-state index contributed by atoms with van der Waals surface area (Å²) < 4.78 is 0. The molecule has 0 bridgehead atoms. The summed E-state index contributed by atoms with van der Waals surface area (Å²) in [6.45, 7) is 2.28. The van der Waals surface area contributed by atoms with Gasteiger partial charge < -0.3 is 0 Å². The fourth-order valence-electron chi connectivity index (χ4n) is 3.04. The van der Waals surface area contributed by atoms with Crippen LogP contribution in [-0.2, 0) is 0 Å². The van der Waals surface area contributed by atoms with Gasteiger partial charge in [0.05, 0.1) is 0 Å². The highest BCUT2D eigenvalue weighted by Gasteiger charge is 2.49. The summed E-state index contributed by atoms with van der Waals surface area (Å²) in [7, 11) is 0. The Labute approximate surface area is 80.7 Å². The van der Waals surface area contributed by atoms with Gasteiger partial charge in [0.25, 0.3) is 0 Å². The average molecular weight is 187 g/mol. The van der Waals surface area contributed by atoms with E-state index in [1.54, 1.807) is 0 Å². The fourth-order valence-corrected chi connectivity index (χ4v) is 3.51. The molecule has 2 fully saturated rings. The van der Waals surface area contributed by atoms with Crippen molar-refractivity contribution in [1.29, 1.82) is 0 Å². The summed E-state index contributed by atoms with van der Waals surface area (Å²) in [6, 6.07) is 0. The molecule has 70 valence electrons. The number of hydrogen-bond acceptors (Lipinski definition) is 0. The van der Waals surface area contributed by atoms with Crippen molar-refractivity contribution in [3.63, 3.8) is 0 Å². The van der Waals surface area contributed by atoms with E-state index >= 15 is 0 Å². The largest absolute Gasteiger partial charge is 0.126 e. The zero-order chi connectivity index (χ0) is 8.60. The van der Waals surface area contributed by atoms with Crippen LogP contribution in [0.4, 0.5) is 0 Å². The number of rotatable bonds is 3. The van der Waals surface area contributed by atoms with Crippen LogP contribution >= 0.6 is 11.6 Å². The molecule has 0 radical (unpaired) electrons. The fraction of sp³-hybridized carbons (Fsp3) is 1.00. The van der Waals surface area contributed by atoms with E-state index in [2.05, 4.69) is 6.92 Å². The van der Waals surface area contributed by atoms with Crippen LogP contribution in [-0.4, -0.2) is 5.88 Å². The molecule has 0 nitrogen and oxygen atoms in total. The summed E-state index contributed by atoms with van der Waals surface area (Å²) in [4.78, 5) is 0. The number of alkyl halides is 1. The first-order valence-corrected chi connectivity index (χ1v) is 5.89. The molecule has 12 heavy (non-hydrogen) atoms. The van der Waals surface area contributed by atoms with Gasteiger partial charge in [-0.25, -0.2) is 0 Å². The normalized spacial score (nSPS) is 29.5. The molecule has 0 amide bonds. The molecule has 2 aliphatic rings. The van der Waals surface area contributed by atoms with Crippen molar-refractivity contribution in [2.24, 2.45) is 17.3 Å². The third-order valence-corrected chi connectivity index (χ3v) is 4.59. The second-order valence-electron chi connectivity index (χ2n) is 4.84. The van der Waals surface area contributed by atoms with Crippen LogP contribution in [0, 0.1) is 17.3 Å². The van der Waals surface area contributed by atoms with E-state index in [1.807, 2.05) is 0 Å². The summed E-state index contributed by atoms with van der Waals surface area (Å²) in [6.07, 6.45) is 8.80. The molecule has 1 heteroatoms. The van der Waals surface area contributed by atoms with E-state index in [0.717, 1.165) is 23.1 Å². The van der Waals surface area contributed by atoms with E-state index in [1.165, 1.54) is 38.5 Å². The molecule has 2 aliphatic carbocycles. The lowest BCUT2D eigenvalue weighted by Gasteiger charge is -2.56. The van der Waals surface area contributed by atoms with Gasteiger partial charge in [-0.3, -0.25) is 0 Å². The van der Waals surface area contributed by atoms with E-state index in [0.29, 0.717) is 0 Å². The van der Waals surface area contributed by atoms with Gasteiger partial charge in [0.15, 0.2) is 0 Å². The van der Waals surface area contributed by atoms with E-state index in [-0.39, 0.29) is 0 Å². The van der Waals surface area contributed by atoms with Crippen molar-refractivity contribution < 1.29 is 0 Å². The number of hydrogen-bond donors (Lipinski definition) is 0. The third-order valence-electron chi connectivity index (χ3n) is 4.19. The Morgan fingerprint density at radius 3 is 2.42 bits per heavy atom. The van der Waals surface area contributed by atoms with Crippen LogP contribution in [0.1, 0.15) is 45.4 Å². The van der Waals surface area contributed by atoms with Gasteiger partial charge in [0.2, 0.25) is 0 Å². The van der Waals surface area contributed by atoms with Gasteiger partial charge in [-0.15, -0.1) is 11.6 Å². The first-order valence-electron chi connectivity index (χ1n) is 5.35. The lowest BCUT2D eigenvalue weighted by Crippen LogP contribution is -2.45. The Bertz CT molecular complexity index is 148. The van der Waals surface area contributed by atoms with Crippen molar-refractivity contribution >= 4 is 11.6 Å². The zero-order valence-corrected chi connectivity index (χ0v) is 8.74. The van der Waals surface area contributed by atoms with Gasteiger partial charge in [0, 0.05) is 5.88 Å². The van der Waals surface area contributed by atoms with Crippen molar-refractivity contribution in [2.45, 2.75) is 45.4 Å². The summed E-state index contributed by atoms with van der Waals surface area (Å²) in [5, 5.41) is 0. The molecule has 0 aromatic heterocycles. The van der Waals surface area contributed by atoms with Crippen LogP contribution in [0.25, 0.3) is 0 Å². The Balaban J connectivity index is 1.79. The van der Waals surface area contributed by atoms with Crippen molar-refractivity contribution in [3.05, 3.63) is 0 Å². The highest BCUT2D eigenvalue weighted by molar-refractivity contribution is 6.18. The Kier molecular flexibility index (Phi) is 2.37. The van der Waals surface area contributed by atoms with Crippen LogP contribution in [0.2, 0.25) is 0 Å².